The number of hydrogen-bond donors (Lipinski definition) is 2. The Morgan fingerprint density at radius 1 is 1.71 bits per heavy atom. The molecule has 7 heavy (non-hydrogen) atoms. The molecule has 0 saturated heterocycles. The third-order valence-corrected chi connectivity index (χ3v) is 0.726. The lowest BCUT2D eigenvalue weighted by molar-refractivity contribution is 0.216. The van der Waals surface area contributed by atoms with Gasteiger partial charge in [0, 0.05) is 0 Å². The molecule has 42 valence electrons. The van der Waals surface area contributed by atoms with Crippen LogP contribution in [0.3, 0.4) is 0 Å². The highest BCUT2D eigenvalue weighted by atomic mass is 16.3. The maximum absolute atomic E-state index is 8.61. The van der Waals surface area contributed by atoms with Crippen LogP contribution < -0.4 is 0 Å². The van der Waals surface area contributed by atoms with Crippen molar-refractivity contribution < 1.29 is 10.2 Å². The van der Waals surface area contributed by atoms with Gasteiger partial charge in [0.1, 0.15) is 0 Å². The van der Waals surface area contributed by atoms with Crippen molar-refractivity contribution in [3.05, 3.63) is 12.3 Å². The van der Waals surface area contributed by atoms with Crippen LogP contribution in [0.15, 0.2) is 12.3 Å². The van der Waals surface area contributed by atoms with Crippen LogP contribution in [-0.4, -0.2) is 16.3 Å². The largest absolute Gasteiger partial charge is 0.516 e. The smallest absolute Gasteiger partial charge is 0.0777 e. The average molecular weight is 102 g/mol. The van der Waals surface area contributed by atoms with E-state index in [9.17, 15) is 0 Å². The van der Waals surface area contributed by atoms with E-state index in [0.29, 0.717) is 6.42 Å². The Labute approximate surface area is 43.1 Å². The predicted molar refractivity (Wildman–Crippen MR) is 28.1 cm³/mol. The van der Waals surface area contributed by atoms with E-state index < -0.39 is 6.10 Å². The highest BCUT2D eigenvalue weighted by Crippen LogP contribution is 1.88. The fourth-order valence-corrected chi connectivity index (χ4v) is 0.235. The SMILES string of the molecule is CCC(O)/C=C/O. The van der Waals surface area contributed by atoms with E-state index in [1.165, 1.54) is 6.08 Å². The zero-order chi connectivity index (χ0) is 5.70. The van der Waals surface area contributed by atoms with Crippen molar-refractivity contribution in [3.8, 4) is 0 Å². The molecular formula is C5H10O2. The second kappa shape index (κ2) is 3.68. The zero-order valence-electron chi connectivity index (χ0n) is 4.33. The molecule has 0 aromatic carbocycles. The van der Waals surface area contributed by atoms with Crippen LogP contribution in [0.4, 0.5) is 0 Å². The van der Waals surface area contributed by atoms with E-state index in [1.54, 1.807) is 0 Å². The van der Waals surface area contributed by atoms with E-state index in [4.69, 9.17) is 10.2 Å². The molecule has 2 N–H and O–H groups in total. The maximum Gasteiger partial charge on any atom is 0.0777 e. The molecule has 0 aliphatic rings. The van der Waals surface area contributed by atoms with E-state index in [1.807, 2.05) is 6.92 Å². The number of hydrogen-bond acceptors (Lipinski definition) is 2. The molecule has 0 amide bonds. The maximum atomic E-state index is 8.61. The molecule has 0 rings (SSSR count). The highest BCUT2D eigenvalue weighted by molar-refractivity contribution is 4.79. The van der Waals surface area contributed by atoms with Gasteiger partial charge in [-0.25, -0.2) is 0 Å². The topological polar surface area (TPSA) is 40.5 Å². The van der Waals surface area contributed by atoms with Crippen LogP contribution in [0.1, 0.15) is 13.3 Å². The summed E-state index contributed by atoms with van der Waals surface area (Å²) in [6, 6.07) is 0. The van der Waals surface area contributed by atoms with E-state index in [2.05, 4.69) is 0 Å². The van der Waals surface area contributed by atoms with Crippen LogP contribution >= 0.6 is 0 Å². The molecule has 1 atom stereocenters. The molecular weight excluding hydrogens is 92.1 g/mol. The van der Waals surface area contributed by atoms with Gasteiger partial charge in [0.15, 0.2) is 0 Å². The summed E-state index contributed by atoms with van der Waals surface area (Å²) in [7, 11) is 0. The molecule has 0 aliphatic heterocycles. The van der Waals surface area contributed by atoms with Gasteiger partial charge in [-0.1, -0.05) is 6.92 Å². The van der Waals surface area contributed by atoms with Crippen molar-refractivity contribution in [3.63, 3.8) is 0 Å². The van der Waals surface area contributed by atoms with Crippen molar-refractivity contribution in [1.29, 1.82) is 0 Å². The van der Waals surface area contributed by atoms with E-state index in [0.717, 1.165) is 6.26 Å². The summed E-state index contributed by atoms with van der Waals surface area (Å²) in [4.78, 5) is 0. The molecule has 0 aromatic rings. The first-order valence-electron chi connectivity index (χ1n) is 2.30. The monoisotopic (exact) mass is 102 g/mol. The second-order valence-corrected chi connectivity index (χ2v) is 1.32. The van der Waals surface area contributed by atoms with Gasteiger partial charge in [0.2, 0.25) is 0 Å². The minimum Gasteiger partial charge on any atom is -0.516 e. The van der Waals surface area contributed by atoms with Crippen molar-refractivity contribution >= 4 is 0 Å². The Hall–Kier alpha value is -0.500. The van der Waals surface area contributed by atoms with Crippen LogP contribution in [0, 0.1) is 0 Å². The van der Waals surface area contributed by atoms with Gasteiger partial charge in [-0.05, 0) is 12.5 Å². The fraction of sp³-hybridized carbons (Fsp3) is 0.600. The van der Waals surface area contributed by atoms with Crippen LogP contribution in [0.5, 0.6) is 0 Å². The Bertz CT molecular complexity index is 59.1. The number of aliphatic hydroxyl groups excluding tert-OH is 2. The molecule has 0 heterocycles. The lowest BCUT2D eigenvalue weighted by atomic mass is 10.3. The van der Waals surface area contributed by atoms with Gasteiger partial charge >= 0.3 is 0 Å². The zero-order valence-corrected chi connectivity index (χ0v) is 4.33. The first kappa shape index (κ1) is 6.50. The van der Waals surface area contributed by atoms with Crippen molar-refractivity contribution in [2.24, 2.45) is 0 Å². The van der Waals surface area contributed by atoms with Gasteiger partial charge in [0.05, 0.1) is 12.4 Å². The lowest BCUT2D eigenvalue weighted by Crippen LogP contribution is -1.97. The van der Waals surface area contributed by atoms with Gasteiger partial charge in [-0.3, -0.25) is 0 Å². The van der Waals surface area contributed by atoms with Crippen molar-refractivity contribution in [1.82, 2.24) is 0 Å². The summed E-state index contributed by atoms with van der Waals surface area (Å²) in [6.07, 6.45) is 2.36. The van der Waals surface area contributed by atoms with Gasteiger partial charge in [-0.2, -0.15) is 0 Å². The average Bonchev–Trinajstić information content (AvgIpc) is 1.68. The summed E-state index contributed by atoms with van der Waals surface area (Å²) in [5, 5.41) is 16.6. The van der Waals surface area contributed by atoms with Gasteiger partial charge < -0.3 is 10.2 Å². The summed E-state index contributed by atoms with van der Waals surface area (Å²) in [5.41, 5.74) is 0. The minimum atomic E-state index is -0.481. The summed E-state index contributed by atoms with van der Waals surface area (Å²) in [5.74, 6) is 0. The Morgan fingerprint density at radius 3 is 2.43 bits per heavy atom. The van der Waals surface area contributed by atoms with Crippen LogP contribution in [0.2, 0.25) is 0 Å². The Kier molecular flexibility index (Phi) is 3.42. The predicted octanol–water partition coefficient (Wildman–Crippen LogP) is 0.829. The third-order valence-electron chi connectivity index (χ3n) is 0.726. The molecule has 0 aliphatic carbocycles. The molecule has 0 aromatic heterocycles. The quantitative estimate of drug-likeness (QED) is 0.507. The van der Waals surface area contributed by atoms with Crippen LogP contribution in [-0.2, 0) is 0 Å². The first-order valence-corrected chi connectivity index (χ1v) is 2.30. The van der Waals surface area contributed by atoms with E-state index in [-0.39, 0.29) is 0 Å². The standard InChI is InChI=1S/C5H10O2/c1-2-5(7)3-4-6/h3-7H,2H2,1H3/b4-3+. The van der Waals surface area contributed by atoms with Crippen LogP contribution in [0.25, 0.3) is 0 Å². The molecule has 0 fully saturated rings. The third kappa shape index (κ3) is 3.33. The summed E-state index contributed by atoms with van der Waals surface area (Å²) < 4.78 is 0. The van der Waals surface area contributed by atoms with Crippen molar-refractivity contribution in [2.45, 2.75) is 19.4 Å². The molecule has 0 bridgehead atoms. The molecule has 2 heteroatoms. The Balaban J connectivity index is 3.16. The molecule has 1 unspecified atom stereocenters. The normalized spacial score (nSPS) is 15.1. The van der Waals surface area contributed by atoms with Gasteiger partial charge in [-0.15, -0.1) is 0 Å². The number of aliphatic hydroxyl groups is 2. The molecule has 0 radical (unpaired) electrons. The summed E-state index contributed by atoms with van der Waals surface area (Å²) >= 11 is 0. The molecule has 0 saturated carbocycles. The Morgan fingerprint density at radius 2 is 2.29 bits per heavy atom. The molecule has 0 spiro atoms. The van der Waals surface area contributed by atoms with Crippen molar-refractivity contribution in [2.75, 3.05) is 0 Å². The first-order chi connectivity index (χ1) is 3.31. The second-order valence-electron chi connectivity index (χ2n) is 1.32. The summed E-state index contributed by atoms with van der Waals surface area (Å²) in [6.45, 7) is 1.84. The molecule has 2 nitrogen and oxygen atoms in total. The fourth-order valence-electron chi connectivity index (χ4n) is 0.235. The lowest BCUT2D eigenvalue weighted by Gasteiger charge is -1.94. The van der Waals surface area contributed by atoms with E-state index >= 15 is 0 Å². The highest BCUT2D eigenvalue weighted by Gasteiger charge is 1.88. The minimum absolute atomic E-state index is 0.481. The van der Waals surface area contributed by atoms with Gasteiger partial charge in [0.25, 0.3) is 0 Å². The number of rotatable bonds is 2.